The van der Waals surface area contributed by atoms with Crippen LogP contribution < -0.4 is 14.8 Å². The Morgan fingerprint density at radius 1 is 1.05 bits per heavy atom. The molecular formula is C27H23F2N3O5. The number of pyridine rings is 1. The molecular weight excluding hydrogens is 484 g/mol. The first-order valence-corrected chi connectivity index (χ1v) is 11.8. The Kier molecular flexibility index (Phi) is 5.39. The number of benzene rings is 2. The van der Waals surface area contributed by atoms with Crippen molar-refractivity contribution in [2.45, 2.75) is 30.6 Å². The Labute approximate surface area is 210 Å². The number of aliphatic hydroxyl groups is 2. The van der Waals surface area contributed by atoms with Gasteiger partial charge in [-0.2, -0.15) is 0 Å². The molecule has 2 aromatic carbocycles. The van der Waals surface area contributed by atoms with Crippen LogP contribution >= 0.6 is 0 Å². The summed E-state index contributed by atoms with van der Waals surface area (Å²) in [5, 5.41) is 23.5. The van der Waals surface area contributed by atoms with Gasteiger partial charge < -0.3 is 29.6 Å². The zero-order valence-corrected chi connectivity index (χ0v) is 19.5. The van der Waals surface area contributed by atoms with Crippen LogP contribution in [0.3, 0.4) is 0 Å². The van der Waals surface area contributed by atoms with E-state index in [1.165, 1.54) is 12.1 Å². The smallest absolute Gasteiger partial charge is 0.395 e. The number of hydrogen-bond donors (Lipinski definition) is 3. The summed E-state index contributed by atoms with van der Waals surface area (Å²) >= 11 is 0. The molecule has 37 heavy (non-hydrogen) atoms. The summed E-state index contributed by atoms with van der Waals surface area (Å²) in [7, 11) is 0. The van der Waals surface area contributed by atoms with Gasteiger partial charge in [-0.1, -0.05) is 6.07 Å². The fraction of sp³-hybridized carbons (Fsp3) is 0.259. The Morgan fingerprint density at radius 2 is 1.84 bits per heavy atom. The molecule has 0 bridgehead atoms. The molecule has 8 nitrogen and oxygen atoms in total. The van der Waals surface area contributed by atoms with Crippen LogP contribution in [0.4, 0.5) is 14.5 Å². The Bertz CT molecular complexity index is 1500. The number of nitrogens with one attached hydrogen (secondary N) is 1. The molecule has 0 unspecified atom stereocenters. The number of aromatic nitrogens is 2. The first-order chi connectivity index (χ1) is 17.8. The number of anilines is 1. The van der Waals surface area contributed by atoms with E-state index >= 15 is 0 Å². The van der Waals surface area contributed by atoms with Gasteiger partial charge in [0.2, 0.25) is 5.91 Å². The number of rotatable bonds is 7. The van der Waals surface area contributed by atoms with E-state index in [2.05, 4.69) is 19.8 Å². The van der Waals surface area contributed by atoms with E-state index in [1.54, 1.807) is 24.5 Å². The lowest BCUT2D eigenvalue weighted by Crippen LogP contribution is -2.28. The quantitative estimate of drug-likeness (QED) is 0.346. The van der Waals surface area contributed by atoms with Crippen molar-refractivity contribution in [1.82, 2.24) is 9.55 Å². The zero-order valence-electron chi connectivity index (χ0n) is 19.5. The average molecular weight is 507 g/mol. The maximum atomic E-state index is 13.4. The van der Waals surface area contributed by atoms with E-state index in [0.717, 1.165) is 22.2 Å². The molecule has 1 fully saturated rings. The second kappa shape index (κ2) is 8.53. The Hall–Kier alpha value is -4.02. The lowest BCUT2D eigenvalue weighted by molar-refractivity contribution is -0.286. The zero-order chi connectivity index (χ0) is 25.8. The van der Waals surface area contributed by atoms with Crippen LogP contribution in [0, 0.1) is 0 Å². The number of aliphatic hydroxyl groups excluding tert-OH is 2. The Balaban J connectivity index is 1.31. The highest BCUT2D eigenvalue weighted by Gasteiger charge is 2.52. The summed E-state index contributed by atoms with van der Waals surface area (Å²) in [5.41, 5.74) is 2.69. The van der Waals surface area contributed by atoms with Crippen molar-refractivity contribution in [2.75, 3.05) is 18.5 Å². The maximum absolute atomic E-state index is 13.4. The fourth-order valence-electron chi connectivity index (χ4n) is 4.93. The van der Waals surface area contributed by atoms with Crippen LogP contribution in [0.1, 0.15) is 24.4 Å². The molecule has 2 aromatic heterocycles. The number of amides is 1. The average Bonchev–Trinajstić information content (AvgIpc) is 3.53. The number of alkyl halides is 2. The van der Waals surface area contributed by atoms with Crippen LogP contribution in [0.15, 0.2) is 67.0 Å². The van der Waals surface area contributed by atoms with Gasteiger partial charge in [-0.05, 0) is 66.9 Å². The molecule has 190 valence electrons. The lowest BCUT2D eigenvalue weighted by Gasteiger charge is -2.19. The summed E-state index contributed by atoms with van der Waals surface area (Å²) in [6.07, 6.45) is 0.808. The molecule has 1 amide bonds. The fourth-order valence-corrected chi connectivity index (χ4v) is 4.93. The number of carbonyl (C=O) groups excluding carboxylic acids is 1. The van der Waals surface area contributed by atoms with Crippen molar-refractivity contribution in [3.8, 4) is 22.8 Å². The van der Waals surface area contributed by atoms with Crippen LogP contribution in [-0.2, 0) is 10.2 Å². The number of halogens is 2. The molecule has 10 heteroatoms. The number of hydrogen-bond acceptors (Lipinski definition) is 6. The minimum Gasteiger partial charge on any atom is -0.395 e. The van der Waals surface area contributed by atoms with Gasteiger partial charge in [0.05, 0.1) is 30.4 Å². The summed E-state index contributed by atoms with van der Waals surface area (Å²) in [6, 6.07) is 14.9. The maximum Gasteiger partial charge on any atom is 0.586 e. The van der Waals surface area contributed by atoms with E-state index in [0.29, 0.717) is 24.1 Å². The second-order valence-corrected chi connectivity index (χ2v) is 9.30. The SMILES string of the molecule is O=C(Nc1ccc2c(c1)cc(-c1cccnc1)n2C(CO)CO)C1(c2ccc3c(c2)OC(F)(F)O3)CC1. The van der Waals surface area contributed by atoms with E-state index < -0.39 is 17.8 Å². The number of carbonyl (C=O) groups is 1. The molecule has 0 spiro atoms. The molecule has 1 aliphatic heterocycles. The largest absolute Gasteiger partial charge is 0.586 e. The van der Waals surface area contributed by atoms with E-state index in [1.807, 2.05) is 34.9 Å². The molecule has 0 radical (unpaired) electrons. The first-order valence-electron chi connectivity index (χ1n) is 11.8. The predicted molar refractivity (Wildman–Crippen MR) is 131 cm³/mol. The van der Waals surface area contributed by atoms with Crippen molar-refractivity contribution in [3.05, 3.63) is 72.6 Å². The monoisotopic (exact) mass is 507 g/mol. The van der Waals surface area contributed by atoms with Crippen molar-refractivity contribution >= 4 is 22.5 Å². The molecule has 3 heterocycles. The number of ether oxygens (including phenoxy) is 2. The standard InChI is InChI=1S/C27H23F2N3O5/c28-27(29)36-23-6-3-18(12-24(23)37-27)26(7-8-26)25(35)31-19-4-5-21-17(10-19)11-22(16-2-1-9-30-13-16)32(21)20(14-33)15-34/h1-6,9-13,20,33-34H,7-8,14-15H2,(H,31,35). The molecule has 3 N–H and O–H groups in total. The van der Waals surface area contributed by atoms with Gasteiger partial charge in [0.1, 0.15) is 0 Å². The highest BCUT2D eigenvalue weighted by atomic mass is 19.3. The summed E-state index contributed by atoms with van der Waals surface area (Å²) in [4.78, 5) is 17.5. The van der Waals surface area contributed by atoms with E-state index in [4.69, 9.17) is 0 Å². The topological polar surface area (TPSA) is 106 Å². The summed E-state index contributed by atoms with van der Waals surface area (Å²) < 4.78 is 37.8. The van der Waals surface area contributed by atoms with Gasteiger partial charge in [0.15, 0.2) is 11.5 Å². The van der Waals surface area contributed by atoms with Crippen LogP contribution in [0.5, 0.6) is 11.5 Å². The van der Waals surface area contributed by atoms with E-state index in [-0.39, 0.29) is 30.6 Å². The predicted octanol–water partition coefficient (Wildman–Crippen LogP) is 4.22. The minimum absolute atomic E-state index is 0.0617. The van der Waals surface area contributed by atoms with E-state index in [9.17, 15) is 23.8 Å². The molecule has 2 aliphatic rings. The third kappa shape index (κ3) is 3.98. The highest BCUT2D eigenvalue weighted by Crippen LogP contribution is 2.52. The van der Waals surface area contributed by atoms with Crippen LogP contribution in [0.2, 0.25) is 0 Å². The van der Waals surface area contributed by atoms with Gasteiger partial charge in [-0.3, -0.25) is 9.78 Å². The first kappa shape index (κ1) is 23.4. The van der Waals surface area contributed by atoms with Gasteiger partial charge >= 0.3 is 6.29 Å². The molecule has 4 aromatic rings. The summed E-state index contributed by atoms with van der Waals surface area (Å²) in [5.74, 6) is -0.393. The van der Waals surface area contributed by atoms with Crippen molar-refractivity contribution in [1.29, 1.82) is 0 Å². The normalized spacial score (nSPS) is 16.8. The summed E-state index contributed by atoms with van der Waals surface area (Å²) in [6.45, 7) is -0.508. The molecule has 1 saturated carbocycles. The van der Waals surface area contributed by atoms with Crippen LogP contribution in [0.25, 0.3) is 22.2 Å². The highest BCUT2D eigenvalue weighted by molar-refractivity contribution is 6.03. The second-order valence-electron chi connectivity index (χ2n) is 9.30. The van der Waals surface area contributed by atoms with Gasteiger partial charge in [0, 0.05) is 34.5 Å². The Morgan fingerprint density at radius 3 is 2.54 bits per heavy atom. The van der Waals surface area contributed by atoms with Gasteiger partial charge in [-0.25, -0.2) is 0 Å². The molecule has 6 rings (SSSR count). The van der Waals surface area contributed by atoms with Crippen molar-refractivity contribution in [2.24, 2.45) is 0 Å². The minimum atomic E-state index is -3.72. The third-order valence-corrected chi connectivity index (χ3v) is 6.98. The van der Waals surface area contributed by atoms with Crippen molar-refractivity contribution < 1.29 is 33.3 Å². The third-order valence-electron chi connectivity index (χ3n) is 6.98. The van der Waals surface area contributed by atoms with Gasteiger partial charge in [-0.15, -0.1) is 8.78 Å². The molecule has 0 saturated heterocycles. The molecule has 1 aliphatic carbocycles. The lowest BCUT2D eigenvalue weighted by atomic mass is 9.94. The molecule has 0 atom stereocenters. The number of nitrogens with zero attached hydrogens (tertiary/aromatic N) is 2. The van der Waals surface area contributed by atoms with Crippen molar-refractivity contribution in [3.63, 3.8) is 0 Å². The number of fused-ring (bicyclic) bond motifs is 2. The van der Waals surface area contributed by atoms with Gasteiger partial charge in [0.25, 0.3) is 0 Å². The van der Waals surface area contributed by atoms with Crippen LogP contribution in [-0.4, -0.2) is 45.2 Å².